The Labute approximate surface area is 287 Å². The van der Waals surface area contributed by atoms with Crippen LogP contribution in [-0.4, -0.2) is 88.3 Å². The van der Waals surface area contributed by atoms with Crippen LogP contribution in [-0.2, 0) is 14.3 Å². The van der Waals surface area contributed by atoms with Crippen molar-refractivity contribution in [1.29, 1.82) is 0 Å². The number of hydrogen-bond acceptors (Lipinski definition) is 12. The summed E-state index contributed by atoms with van der Waals surface area (Å²) in [7, 11) is 1.43. The molecular weight excluding hydrogens is 636 g/mol. The van der Waals surface area contributed by atoms with Crippen molar-refractivity contribution in [2.45, 2.75) is 103 Å². The molecule has 1 fully saturated rings. The fraction of sp³-hybridized carbons (Fsp3) is 0.568. The van der Waals surface area contributed by atoms with Gasteiger partial charge < -0.3 is 49.2 Å². The van der Waals surface area contributed by atoms with Gasteiger partial charge in [0.1, 0.15) is 48.6 Å². The third-order valence-electron chi connectivity index (χ3n) is 9.01. The molecular formula is C37H50O12. The summed E-state index contributed by atoms with van der Waals surface area (Å²) in [6, 6.07) is 9.21. The minimum atomic E-state index is -1.65. The van der Waals surface area contributed by atoms with Crippen LogP contribution in [0.15, 0.2) is 48.0 Å². The highest BCUT2D eigenvalue weighted by molar-refractivity contribution is 6.00. The highest BCUT2D eigenvalue weighted by atomic mass is 16.7. The Kier molecular flexibility index (Phi) is 13.9. The number of phenolic OH excluding ortho intramolecular Hbond substituents is 1. The molecule has 8 atom stereocenters. The lowest BCUT2D eigenvalue weighted by Gasteiger charge is -2.40. The molecule has 12 heteroatoms. The van der Waals surface area contributed by atoms with Crippen molar-refractivity contribution in [3.63, 3.8) is 0 Å². The van der Waals surface area contributed by atoms with Crippen LogP contribution in [0, 0.1) is 11.8 Å². The van der Waals surface area contributed by atoms with Crippen molar-refractivity contribution >= 4 is 11.8 Å². The van der Waals surface area contributed by atoms with Crippen LogP contribution in [0.25, 0.3) is 0 Å². The molecule has 2 heterocycles. The number of ketones is 1. The van der Waals surface area contributed by atoms with Gasteiger partial charge in [0.15, 0.2) is 17.3 Å². The minimum absolute atomic E-state index is 0.0402. The lowest BCUT2D eigenvalue weighted by Crippen LogP contribution is -2.60. The smallest absolute Gasteiger partial charge is 0.306 e. The molecule has 6 unspecified atom stereocenters. The molecule has 1 saturated heterocycles. The van der Waals surface area contributed by atoms with Crippen LogP contribution in [0.1, 0.15) is 87.7 Å². The number of allylic oxidation sites excluding steroid dienone is 2. The van der Waals surface area contributed by atoms with Gasteiger partial charge in [0, 0.05) is 19.1 Å². The van der Waals surface area contributed by atoms with E-state index in [2.05, 4.69) is 19.9 Å². The van der Waals surface area contributed by atoms with E-state index in [-0.39, 0.29) is 66.7 Å². The van der Waals surface area contributed by atoms with Gasteiger partial charge in [0.2, 0.25) is 6.29 Å². The molecule has 0 bridgehead atoms. The third-order valence-corrected chi connectivity index (χ3v) is 9.01. The maximum Gasteiger partial charge on any atom is 0.306 e. The number of methoxy groups -OCH3 is 1. The first-order valence-electron chi connectivity index (χ1n) is 16.9. The first kappa shape index (κ1) is 38.1. The topological polar surface area (TPSA) is 181 Å². The molecule has 0 spiro atoms. The van der Waals surface area contributed by atoms with Crippen LogP contribution in [0.5, 0.6) is 23.0 Å². The number of phenols is 1. The number of esters is 1. The predicted molar refractivity (Wildman–Crippen MR) is 179 cm³/mol. The number of aliphatic hydroxyl groups is 4. The molecule has 2 aromatic carbocycles. The maximum absolute atomic E-state index is 12.9. The molecule has 0 radical (unpaired) electrons. The van der Waals surface area contributed by atoms with Gasteiger partial charge in [-0.3, -0.25) is 9.59 Å². The summed E-state index contributed by atoms with van der Waals surface area (Å²) in [5.41, 5.74) is 2.16. The van der Waals surface area contributed by atoms with Gasteiger partial charge in [-0.05, 0) is 74.8 Å². The summed E-state index contributed by atoms with van der Waals surface area (Å²) >= 11 is 0. The Morgan fingerprint density at radius 3 is 2.51 bits per heavy atom. The zero-order valence-corrected chi connectivity index (χ0v) is 28.6. The fourth-order valence-electron chi connectivity index (χ4n) is 6.07. The van der Waals surface area contributed by atoms with Gasteiger partial charge in [-0.1, -0.05) is 37.5 Å². The lowest BCUT2D eigenvalue weighted by molar-refractivity contribution is -0.278. The number of carbonyl (C=O) groups is 2. The van der Waals surface area contributed by atoms with Crippen molar-refractivity contribution < 1.29 is 58.8 Å². The van der Waals surface area contributed by atoms with E-state index in [1.54, 1.807) is 12.1 Å². The monoisotopic (exact) mass is 686 g/mol. The van der Waals surface area contributed by atoms with Crippen LogP contribution < -0.4 is 14.2 Å². The number of hydrogen-bond donors (Lipinski definition) is 5. The largest absolute Gasteiger partial charge is 0.504 e. The summed E-state index contributed by atoms with van der Waals surface area (Å²) in [5, 5.41) is 51.6. The van der Waals surface area contributed by atoms with Crippen molar-refractivity contribution in [3.05, 3.63) is 59.2 Å². The van der Waals surface area contributed by atoms with Crippen LogP contribution in [0.4, 0.5) is 0 Å². The van der Waals surface area contributed by atoms with Crippen LogP contribution in [0.3, 0.4) is 0 Å². The number of rotatable bonds is 16. The Balaban J connectivity index is 1.30. The van der Waals surface area contributed by atoms with E-state index in [0.717, 1.165) is 32.1 Å². The molecule has 0 amide bonds. The number of fused-ring (bicyclic) bond motifs is 1. The molecule has 0 aromatic heterocycles. The van der Waals surface area contributed by atoms with E-state index in [9.17, 15) is 35.1 Å². The van der Waals surface area contributed by atoms with Crippen LogP contribution >= 0.6 is 0 Å². The average Bonchev–Trinajstić information content (AvgIpc) is 3.06. The molecule has 270 valence electrons. The second-order valence-electron chi connectivity index (χ2n) is 13.3. The zero-order valence-electron chi connectivity index (χ0n) is 28.6. The zero-order chi connectivity index (χ0) is 35.7. The van der Waals surface area contributed by atoms with E-state index in [1.165, 1.54) is 36.9 Å². The van der Waals surface area contributed by atoms with E-state index >= 15 is 0 Å². The summed E-state index contributed by atoms with van der Waals surface area (Å²) in [4.78, 5) is 25.5. The van der Waals surface area contributed by atoms with Gasteiger partial charge in [-0.2, -0.15) is 0 Å². The first-order valence-corrected chi connectivity index (χ1v) is 16.9. The van der Waals surface area contributed by atoms with Crippen molar-refractivity contribution in [2.24, 2.45) is 11.8 Å². The molecule has 5 N–H and O–H groups in total. The molecule has 4 rings (SSSR count). The van der Waals surface area contributed by atoms with Crippen LogP contribution in [0.2, 0.25) is 0 Å². The Morgan fingerprint density at radius 1 is 1.04 bits per heavy atom. The summed E-state index contributed by atoms with van der Waals surface area (Å²) in [6.07, 6.45) is -1.39. The normalized spacial score (nSPS) is 24.6. The third kappa shape index (κ3) is 10.4. The quantitative estimate of drug-likeness (QED) is 0.124. The highest BCUT2D eigenvalue weighted by Gasteiger charge is 2.45. The fourth-order valence-corrected chi connectivity index (χ4v) is 6.07. The average molecular weight is 687 g/mol. The number of ether oxygens (including phenoxy) is 5. The number of aromatic hydroxyl groups is 1. The SMILES string of the molecule is COc1ccc(C2CC(=O)c3ccc(OC4OC(COC(=O)C[C@@H](C)CCC[C@H](CO)CCC=C(C)C)C(O)C(O)C4O)cc3O2)cc1O. The molecule has 0 aliphatic carbocycles. The lowest BCUT2D eigenvalue weighted by atomic mass is 9.93. The van der Waals surface area contributed by atoms with Crippen molar-refractivity contribution in [3.8, 4) is 23.0 Å². The number of benzene rings is 2. The number of carbonyl (C=O) groups excluding carboxylic acids is 2. The first-order chi connectivity index (χ1) is 23.4. The molecule has 49 heavy (non-hydrogen) atoms. The van der Waals surface area contributed by atoms with Gasteiger partial charge in [-0.25, -0.2) is 0 Å². The van der Waals surface area contributed by atoms with Gasteiger partial charge in [0.25, 0.3) is 0 Å². The molecule has 0 saturated carbocycles. The molecule has 2 aliphatic heterocycles. The summed E-state index contributed by atoms with van der Waals surface area (Å²) < 4.78 is 28.1. The van der Waals surface area contributed by atoms with Crippen molar-refractivity contribution in [2.75, 3.05) is 20.3 Å². The van der Waals surface area contributed by atoms with E-state index in [0.29, 0.717) is 11.1 Å². The standard InChI is InChI=1S/C37H50O12/c1-21(2)7-5-9-23(19-38)10-6-8-22(3)15-33(41)46-20-32-34(42)35(43)36(44)37(49-32)47-25-12-13-26-27(39)18-30(48-31(26)17-25)24-11-14-29(45-4)28(40)16-24/h7,11-14,16-17,22-23,30,32,34-38,40,42-44H,5-6,8-10,15,18-20H2,1-4H3/t22-,23+,30?,32?,34?,35?,36?,37?/m0/s1. The minimum Gasteiger partial charge on any atom is -0.504 e. The Bertz CT molecular complexity index is 1440. The Hall–Kier alpha value is -3.68. The molecule has 2 aliphatic rings. The van der Waals surface area contributed by atoms with E-state index in [1.807, 2.05) is 6.92 Å². The summed E-state index contributed by atoms with van der Waals surface area (Å²) in [6.45, 7) is 5.83. The molecule has 12 nitrogen and oxygen atoms in total. The van der Waals surface area contributed by atoms with Crippen molar-refractivity contribution in [1.82, 2.24) is 0 Å². The number of aliphatic hydroxyl groups excluding tert-OH is 4. The molecule has 2 aromatic rings. The van der Waals surface area contributed by atoms with E-state index < -0.39 is 42.8 Å². The number of Topliss-reactive ketones (excluding diaryl/α,β-unsaturated/α-hetero) is 1. The van der Waals surface area contributed by atoms with Gasteiger partial charge >= 0.3 is 5.97 Å². The second kappa shape index (κ2) is 17.8. The summed E-state index contributed by atoms with van der Waals surface area (Å²) in [5.74, 6) is 0.163. The highest BCUT2D eigenvalue weighted by Crippen LogP contribution is 2.39. The van der Waals surface area contributed by atoms with Gasteiger partial charge in [0.05, 0.1) is 19.1 Å². The predicted octanol–water partition coefficient (Wildman–Crippen LogP) is 4.39. The van der Waals surface area contributed by atoms with Gasteiger partial charge in [-0.15, -0.1) is 0 Å². The Morgan fingerprint density at radius 2 is 1.82 bits per heavy atom. The second-order valence-corrected chi connectivity index (χ2v) is 13.3. The maximum atomic E-state index is 12.9. The van der Waals surface area contributed by atoms with E-state index in [4.69, 9.17) is 23.7 Å².